The molecule has 1 aliphatic rings. The van der Waals surface area contributed by atoms with Crippen LogP contribution in [0.1, 0.15) is 23.3 Å². The summed E-state index contributed by atoms with van der Waals surface area (Å²) in [6, 6.07) is 10.9. The van der Waals surface area contributed by atoms with Crippen LogP contribution in [-0.2, 0) is 11.8 Å². The minimum absolute atomic E-state index is 0.213. The van der Waals surface area contributed by atoms with E-state index in [2.05, 4.69) is 35.3 Å². The van der Waals surface area contributed by atoms with Crippen LogP contribution in [0.15, 0.2) is 42.0 Å². The van der Waals surface area contributed by atoms with Gasteiger partial charge in [0.25, 0.3) is 0 Å². The summed E-state index contributed by atoms with van der Waals surface area (Å²) in [7, 11) is 0. The lowest BCUT2D eigenvalue weighted by Gasteiger charge is -2.23. The zero-order chi connectivity index (χ0) is 11.7. The number of rotatable bonds is 4. The maximum absolute atomic E-state index is 6.42. The largest absolute Gasteiger partial charge is 0.327 e. The molecule has 2 aromatic rings. The van der Waals surface area contributed by atoms with Crippen LogP contribution in [0.5, 0.6) is 0 Å². The minimum atomic E-state index is 0.213. The fraction of sp³-hybridized carbons (Fsp3) is 0.357. The second-order valence-electron chi connectivity index (χ2n) is 4.80. The quantitative estimate of drug-likeness (QED) is 0.898. The van der Waals surface area contributed by atoms with Gasteiger partial charge in [0, 0.05) is 22.5 Å². The highest BCUT2D eigenvalue weighted by Gasteiger charge is 2.48. The lowest BCUT2D eigenvalue weighted by atomic mass is 9.86. The zero-order valence-electron chi connectivity index (χ0n) is 9.67. The Morgan fingerprint density at radius 3 is 2.65 bits per heavy atom. The molecule has 1 saturated carbocycles. The minimum Gasteiger partial charge on any atom is -0.327 e. The Balaban J connectivity index is 1.80. The SMILES string of the molecule is NC(Cc1cncs1)C1(c2ccccc2)CC1. The van der Waals surface area contributed by atoms with E-state index in [1.165, 1.54) is 23.3 Å². The first kappa shape index (κ1) is 10.9. The number of hydrogen-bond acceptors (Lipinski definition) is 3. The third-order valence-corrected chi connectivity index (χ3v) is 4.55. The Hall–Kier alpha value is -1.19. The molecule has 1 atom stereocenters. The fourth-order valence-corrected chi connectivity index (χ4v) is 3.19. The van der Waals surface area contributed by atoms with Crippen LogP contribution in [0.3, 0.4) is 0 Å². The molecule has 88 valence electrons. The molecule has 1 aromatic carbocycles. The zero-order valence-corrected chi connectivity index (χ0v) is 10.5. The molecule has 1 fully saturated rings. The van der Waals surface area contributed by atoms with E-state index in [-0.39, 0.29) is 11.5 Å². The fourth-order valence-electron chi connectivity index (χ4n) is 2.53. The Bertz CT molecular complexity index is 474. The van der Waals surface area contributed by atoms with Crippen molar-refractivity contribution in [3.63, 3.8) is 0 Å². The summed E-state index contributed by atoms with van der Waals surface area (Å²) in [6.07, 6.45) is 5.32. The van der Waals surface area contributed by atoms with Crippen molar-refractivity contribution in [2.24, 2.45) is 5.73 Å². The first-order chi connectivity index (χ1) is 8.31. The van der Waals surface area contributed by atoms with Crippen LogP contribution in [0.25, 0.3) is 0 Å². The van der Waals surface area contributed by atoms with Crippen LogP contribution < -0.4 is 5.73 Å². The van der Waals surface area contributed by atoms with Gasteiger partial charge in [-0.15, -0.1) is 11.3 Å². The lowest BCUT2D eigenvalue weighted by molar-refractivity contribution is 0.517. The average Bonchev–Trinajstić information content (AvgIpc) is 3.04. The van der Waals surface area contributed by atoms with E-state index in [0.29, 0.717) is 0 Å². The van der Waals surface area contributed by atoms with E-state index in [4.69, 9.17) is 5.73 Å². The number of thiazole rings is 1. The van der Waals surface area contributed by atoms with Crippen LogP contribution in [0.2, 0.25) is 0 Å². The monoisotopic (exact) mass is 244 g/mol. The lowest BCUT2D eigenvalue weighted by Crippen LogP contribution is -2.36. The summed E-state index contributed by atoms with van der Waals surface area (Å²) in [5.74, 6) is 0. The van der Waals surface area contributed by atoms with Crippen molar-refractivity contribution in [2.45, 2.75) is 30.7 Å². The predicted molar refractivity (Wildman–Crippen MR) is 71.1 cm³/mol. The van der Waals surface area contributed by atoms with Gasteiger partial charge in [-0.25, -0.2) is 0 Å². The molecule has 1 aliphatic carbocycles. The molecule has 17 heavy (non-hydrogen) atoms. The number of aromatic nitrogens is 1. The second kappa shape index (κ2) is 4.24. The molecule has 0 spiro atoms. The molecule has 1 unspecified atom stereocenters. The van der Waals surface area contributed by atoms with E-state index >= 15 is 0 Å². The predicted octanol–water partition coefficient (Wildman–Crippen LogP) is 2.74. The van der Waals surface area contributed by atoms with Gasteiger partial charge in [0.1, 0.15) is 0 Å². The van der Waals surface area contributed by atoms with Gasteiger partial charge in [0.05, 0.1) is 5.51 Å². The molecule has 3 rings (SSSR count). The van der Waals surface area contributed by atoms with Crippen molar-refractivity contribution in [3.05, 3.63) is 52.5 Å². The Morgan fingerprint density at radius 1 is 1.29 bits per heavy atom. The molecular weight excluding hydrogens is 228 g/mol. The molecule has 0 bridgehead atoms. The van der Waals surface area contributed by atoms with Crippen molar-refractivity contribution < 1.29 is 0 Å². The standard InChI is InChI=1S/C14H16N2S/c15-13(8-12-9-16-10-17-12)14(6-7-14)11-4-2-1-3-5-11/h1-5,9-10,13H,6-8,15H2. The van der Waals surface area contributed by atoms with Gasteiger partial charge in [0.15, 0.2) is 0 Å². The van der Waals surface area contributed by atoms with E-state index in [1.54, 1.807) is 11.3 Å². The van der Waals surface area contributed by atoms with E-state index in [9.17, 15) is 0 Å². The van der Waals surface area contributed by atoms with Crippen molar-refractivity contribution in [2.75, 3.05) is 0 Å². The summed E-state index contributed by atoms with van der Waals surface area (Å²) in [6.45, 7) is 0. The van der Waals surface area contributed by atoms with Crippen molar-refractivity contribution >= 4 is 11.3 Å². The van der Waals surface area contributed by atoms with Crippen molar-refractivity contribution in [1.82, 2.24) is 4.98 Å². The summed E-state index contributed by atoms with van der Waals surface area (Å²) in [5.41, 5.74) is 9.92. The average molecular weight is 244 g/mol. The van der Waals surface area contributed by atoms with Gasteiger partial charge in [-0.2, -0.15) is 0 Å². The number of hydrogen-bond donors (Lipinski definition) is 1. The van der Waals surface area contributed by atoms with E-state index in [1.807, 2.05) is 11.7 Å². The highest BCUT2D eigenvalue weighted by molar-refractivity contribution is 7.09. The topological polar surface area (TPSA) is 38.9 Å². The Morgan fingerprint density at radius 2 is 2.06 bits per heavy atom. The summed E-state index contributed by atoms with van der Waals surface area (Å²) >= 11 is 1.70. The molecule has 0 saturated heterocycles. The number of nitrogens with two attached hydrogens (primary N) is 1. The summed E-state index contributed by atoms with van der Waals surface area (Å²) in [5, 5.41) is 0. The summed E-state index contributed by atoms with van der Waals surface area (Å²) in [4.78, 5) is 5.40. The maximum Gasteiger partial charge on any atom is 0.0794 e. The molecule has 1 aromatic heterocycles. The van der Waals surface area contributed by atoms with Crippen LogP contribution in [0, 0.1) is 0 Å². The van der Waals surface area contributed by atoms with Crippen LogP contribution in [-0.4, -0.2) is 11.0 Å². The molecule has 0 amide bonds. The number of benzene rings is 1. The third-order valence-electron chi connectivity index (χ3n) is 3.75. The van der Waals surface area contributed by atoms with Crippen molar-refractivity contribution in [3.8, 4) is 0 Å². The Labute approximate surface area is 106 Å². The maximum atomic E-state index is 6.42. The Kier molecular flexibility index (Phi) is 2.73. The normalized spacial score (nSPS) is 18.9. The molecule has 2 N–H and O–H groups in total. The molecular formula is C14H16N2S. The first-order valence-corrected chi connectivity index (χ1v) is 6.88. The number of nitrogens with zero attached hydrogens (tertiary/aromatic N) is 1. The van der Waals surface area contributed by atoms with Gasteiger partial charge in [-0.1, -0.05) is 30.3 Å². The van der Waals surface area contributed by atoms with Crippen LogP contribution >= 0.6 is 11.3 Å². The second-order valence-corrected chi connectivity index (χ2v) is 5.77. The van der Waals surface area contributed by atoms with E-state index in [0.717, 1.165) is 6.42 Å². The van der Waals surface area contributed by atoms with Gasteiger partial charge in [-0.05, 0) is 24.8 Å². The molecule has 0 aliphatic heterocycles. The molecule has 2 nitrogen and oxygen atoms in total. The van der Waals surface area contributed by atoms with E-state index < -0.39 is 0 Å². The highest BCUT2D eigenvalue weighted by atomic mass is 32.1. The smallest absolute Gasteiger partial charge is 0.0794 e. The van der Waals surface area contributed by atoms with Gasteiger partial charge in [-0.3, -0.25) is 4.98 Å². The van der Waals surface area contributed by atoms with Gasteiger partial charge >= 0.3 is 0 Å². The summed E-state index contributed by atoms with van der Waals surface area (Å²) < 4.78 is 0. The van der Waals surface area contributed by atoms with Crippen LogP contribution in [0.4, 0.5) is 0 Å². The van der Waals surface area contributed by atoms with Gasteiger partial charge in [0.2, 0.25) is 0 Å². The third kappa shape index (κ3) is 2.01. The molecule has 1 heterocycles. The molecule has 0 radical (unpaired) electrons. The van der Waals surface area contributed by atoms with Crippen molar-refractivity contribution in [1.29, 1.82) is 0 Å². The molecule has 3 heteroatoms. The van der Waals surface area contributed by atoms with Gasteiger partial charge < -0.3 is 5.73 Å². The highest BCUT2D eigenvalue weighted by Crippen LogP contribution is 2.51. The first-order valence-electron chi connectivity index (χ1n) is 6.00.